The Labute approximate surface area is 132 Å². The molecular weight excluding hydrogens is 296 g/mol. The van der Waals surface area contributed by atoms with Crippen molar-refractivity contribution in [3.8, 4) is 0 Å². The Morgan fingerprint density at radius 1 is 1.18 bits per heavy atom. The third-order valence-corrected chi connectivity index (χ3v) is 4.68. The van der Waals surface area contributed by atoms with Gasteiger partial charge in [0.15, 0.2) is 0 Å². The van der Waals surface area contributed by atoms with Crippen molar-refractivity contribution in [2.45, 2.75) is 18.9 Å². The molecule has 3 aromatic heterocycles. The van der Waals surface area contributed by atoms with Gasteiger partial charge in [-0.1, -0.05) is 0 Å². The van der Waals surface area contributed by atoms with E-state index in [4.69, 9.17) is 0 Å². The van der Waals surface area contributed by atoms with Gasteiger partial charge in [-0.3, -0.25) is 0 Å². The highest BCUT2D eigenvalue weighted by molar-refractivity contribution is 7.16. The van der Waals surface area contributed by atoms with E-state index in [1.54, 1.807) is 30.1 Å². The van der Waals surface area contributed by atoms with E-state index in [2.05, 4.69) is 41.6 Å². The van der Waals surface area contributed by atoms with Crippen LogP contribution in [0.3, 0.4) is 0 Å². The van der Waals surface area contributed by atoms with E-state index in [9.17, 15) is 0 Å². The van der Waals surface area contributed by atoms with Gasteiger partial charge in [-0.15, -0.1) is 11.3 Å². The molecule has 112 valence electrons. The van der Waals surface area contributed by atoms with E-state index in [0.29, 0.717) is 6.04 Å². The average Bonchev–Trinajstić information content (AvgIpc) is 3.06. The van der Waals surface area contributed by atoms with Crippen molar-refractivity contribution in [2.24, 2.45) is 0 Å². The van der Waals surface area contributed by atoms with Crippen molar-refractivity contribution in [1.29, 1.82) is 0 Å². The molecule has 1 saturated heterocycles. The highest BCUT2D eigenvalue weighted by Crippen LogP contribution is 2.26. The van der Waals surface area contributed by atoms with Gasteiger partial charge < -0.3 is 10.2 Å². The molecule has 0 radical (unpaired) electrons. The maximum Gasteiger partial charge on any atom is 0.225 e. The number of hydrogen-bond acceptors (Lipinski definition) is 7. The fraction of sp³-hybridized carbons (Fsp3) is 0.333. The largest absolute Gasteiger partial charge is 0.365 e. The van der Waals surface area contributed by atoms with E-state index in [1.165, 1.54) is 0 Å². The smallest absolute Gasteiger partial charge is 0.225 e. The van der Waals surface area contributed by atoms with E-state index >= 15 is 0 Å². The highest BCUT2D eigenvalue weighted by Gasteiger charge is 2.22. The van der Waals surface area contributed by atoms with Crippen molar-refractivity contribution in [2.75, 3.05) is 23.3 Å². The number of thiophene rings is 1. The minimum Gasteiger partial charge on any atom is -0.365 e. The number of anilines is 2. The van der Waals surface area contributed by atoms with Crippen molar-refractivity contribution < 1.29 is 0 Å². The molecule has 1 unspecified atom stereocenters. The maximum absolute atomic E-state index is 4.41. The summed E-state index contributed by atoms with van der Waals surface area (Å²) in [7, 11) is 0. The number of fused-ring (bicyclic) bond motifs is 1. The summed E-state index contributed by atoms with van der Waals surface area (Å²) < 4.78 is 0. The predicted octanol–water partition coefficient (Wildman–Crippen LogP) is 2.56. The Morgan fingerprint density at radius 3 is 3.00 bits per heavy atom. The van der Waals surface area contributed by atoms with Crippen molar-refractivity contribution in [3.63, 3.8) is 0 Å². The second-order valence-electron chi connectivity index (χ2n) is 5.34. The van der Waals surface area contributed by atoms with Crippen LogP contribution in [0.1, 0.15) is 12.8 Å². The first-order chi connectivity index (χ1) is 10.9. The fourth-order valence-electron chi connectivity index (χ4n) is 2.83. The van der Waals surface area contributed by atoms with Gasteiger partial charge in [0.05, 0.1) is 5.39 Å². The van der Waals surface area contributed by atoms with Gasteiger partial charge in [-0.05, 0) is 30.4 Å². The van der Waals surface area contributed by atoms with Crippen LogP contribution in [0.4, 0.5) is 11.8 Å². The maximum atomic E-state index is 4.41. The summed E-state index contributed by atoms with van der Waals surface area (Å²) >= 11 is 1.64. The molecule has 22 heavy (non-hydrogen) atoms. The number of piperidine rings is 1. The Bertz CT molecular complexity index is 759. The van der Waals surface area contributed by atoms with Crippen molar-refractivity contribution in [3.05, 3.63) is 36.2 Å². The molecule has 0 bridgehead atoms. The van der Waals surface area contributed by atoms with Gasteiger partial charge in [-0.2, -0.15) is 0 Å². The number of nitrogens with one attached hydrogen (secondary N) is 1. The lowest BCUT2D eigenvalue weighted by Crippen LogP contribution is -2.43. The summed E-state index contributed by atoms with van der Waals surface area (Å²) in [6.07, 6.45) is 7.45. The molecule has 1 atom stereocenters. The molecule has 4 heterocycles. The van der Waals surface area contributed by atoms with Crippen LogP contribution in [0, 0.1) is 0 Å². The lowest BCUT2D eigenvalue weighted by molar-refractivity contribution is 0.522. The first-order valence-corrected chi connectivity index (χ1v) is 8.25. The molecule has 0 amide bonds. The molecule has 0 aliphatic carbocycles. The quantitative estimate of drug-likeness (QED) is 0.802. The van der Waals surface area contributed by atoms with E-state index in [-0.39, 0.29) is 0 Å². The fourth-order valence-corrected chi connectivity index (χ4v) is 3.56. The Hall–Kier alpha value is -2.28. The lowest BCUT2D eigenvalue weighted by atomic mass is 10.1. The van der Waals surface area contributed by atoms with Crippen molar-refractivity contribution in [1.82, 2.24) is 19.9 Å². The summed E-state index contributed by atoms with van der Waals surface area (Å²) in [5.74, 6) is 1.73. The molecular formula is C15H16N6S. The Kier molecular flexibility index (Phi) is 3.56. The first-order valence-electron chi connectivity index (χ1n) is 7.37. The van der Waals surface area contributed by atoms with Gasteiger partial charge in [0.2, 0.25) is 5.95 Å². The summed E-state index contributed by atoms with van der Waals surface area (Å²) in [4.78, 5) is 20.7. The van der Waals surface area contributed by atoms with Crippen LogP contribution in [-0.2, 0) is 0 Å². The molecule has 4 rings (SSSR count). The van der Waals surface area contributed by atoms with Gasteiger partial charge in [0.25, 0.3) is 0 Å². The van der Waals surface area contributed by atoms with E-state index in [0.717, 1.165) is 47.9 Å². The molecule has 0 saturated carbocycles. The molecule has 1 aliphatic rings. The second kappa shape index (κ2) is 5.84. The third-order valence-electron chi connectivity index (χ3n) is 3.86. The zero-order valence-corrected chi connectivity index (χ0v) is 12.8. The zero-order valence-electron chi connectivity index (χ0n) is 12.0. The number of nitrogens with zero attached hydrogens (tertiary/aromatic N) is 5. The summed E-state index contributed by atoms with van der Waals surface area (Å²) in [5.41, 5.74) is 0. The van der Waals surface area contributed by atoms with Crippen LogP contribution >= 0.6 is 11.3 Å². The monoisotopic (exact) mass is 312 g/mol. The van der Waals surface area contributed by atoms with E-state index in [1.807, 2.05) is 6.07 Å². The van der Waals surface area contributed by atoms with Gasteiger partial charge in [0.1, 0.15) is 17.0 Å². The van der Waals surface area contributed by atoms with Crippen LogP contribution in [0.15, 0.2) is 36.2 Å². The lowest BCUT2D eigenvalue weighted by Gasteiger charge is -2.33. The third kappa shape index (κ3) is 2.59. The summed E-state index contributed by atoms with van der Waals surface area (Å²) in [5, 5.41) is 6.72. The molecule has 1 N–H and O–H groups in total. The van der Waals surface area contributed by atoms with Gasteiger partial charge in [-0.25, -0.2) is 19.9 Å². The summed E-state index contributed by atoms with van der Waals surface area (Å²) in [6, 6.07) is 4.26. The van der Waals surface area contributed by atoms with Gasteiger partial charge in [0, 0.05) is 31.5 Å². The highest BCUT2D eigenvalue weighted by atomic mass is 32.1. The molecule has 0 spiro atoms. The molecule has 1 aliphatic heterocycles. The number of rotatable bonds is 3. The topological polar surface area (TPSA) is 66.8 Å². The summed E-state index contributed by atoms with van der Waals surface area (Å²) in [6.45, 7) is 1.89. The minimum atomic E-state index is 0.343. The SMILES string of the molecule is c1cnc(N2CCCC(Nc3ncnc4sccc34)C2)nc1. The second-order valence-corrected chi connectivity index (χ2v) is 6.23. The van der Waals surface area contributed by atoms with Crippen LogP contribution in [-0.4, -0.2) is 39.1 Å². The Morgan fingerprint density at radius 2 is 2.09 bits per heavy atom. The molecule has 6 nitrogen and oxygen atoms in total. The number of aromatic nitrogens is 4. The number of hydrogen-bond donors (Lipinski definition) is 1. The van der Waals surface area contributed by atoms with Crippen LogP contribution < -0.4 is 10.2 Å². The molecule has 3 aromatic rings. The normalized spacial score (nSPS) is 18.5. The van der Waals surface area contributed by atoms with Crippen LogP contribution in [0.25, 0.3) is 10.2 Å². The first kappa shape index (κ1) is 13.4. The Balaban J connectivity index is 1.52. The van der Waals surface area contributed by atoms with Gasteiger partial charge >= 0.3 is 0 Å². The average molecular weight is 312 g/mol. The predicted molar refractivity (Wildman–Crippen MR) is 88.3 cm³/mol. The van der Waals surface area contributed by atoms with Crippen LogP contribution in [0.2, 0.25) is 0 Å². The molecule has 1 fully saturated rings. The molecule has 7 heteroatoms. The zero-order chi connectivity index (χ0) is 14.8. The van der Waals surface area contributed by atoms with Crippen LogP contribution in [0.5, 0.6) is 0 Å². The van der Waals surface area contributed by atoms with E-state index < -0.39 is 0 Å². The van der Waals surface area contributed by atoms with Crippen molar-refractivity contribution >= 4 is 33.3 Å². The molecule has 0 aromatic carbocycles. The minimum absolute atomic E-state index is 0.343. The standard InChI is InChI=1S/C15H16N6S/c1-3-11(9-21(7-1)15-16-5-2-6-17-15)20-13-12-4-8-22-14(12)19-10-18-13/h2,4-6,8,10-11H,1,3,7,9H2,(H,18,19,20).